The van der Waals surface area contributed by atoms with E-state index in [9.17, 15) is 14.4 Å². The van der Waals surface area contributed by atoms with Crippen molar-refractivity contribution < 1.29 is 20.1 Å². The number of nitrogens with zero attached hydrogens (tertiary/aromatic N) is 3. The van der Waals surface area contributed by atoms with E-state index in [1.807, 2.05) is 0 Å². The quantitative estimate of drug-likeness (QED) is 0.557. The van der Waals surface area contributed by atoms with Crippen molar-refractivity contribution in [2.75, 3.05) is 13.1 Å². The summed E-state index contributed by atoms with van der Waals surface area (Å²) in [5, 5.41) is 2.64. The number of likely N-dealkylation sites (tertiary alicyclic amines) is 1. The van der Waals surface area contributed by atoms with Gasteiger partial charge in [0.05, 0.1) is 12.2 Å². The van der Waals surface area contributed by atoms with Crippen molar-refractivity contribution >= 4 is 17.7 Å². The number of nitrogens with one attached hydrogen (secondary N) is 1. The Morgan fingerprint density at radius 3 is 2.83 bits per heavy atom. The molecule has 3 amide bonds. The monoisotopic (exact) mass is 321 g/mol. The molecule has 1 aromatic heterocycles. The lowest BCUT2D eigenvalue weighted by atomic mass is 9.96. The van der Waals surface area contributed by atoms with E-state index in [0.717, 1.165) is 6.42 Å². The minimum atomic E-state index is -0.631. The summed E-state index contributed by atoms with van der Waals surface area (Å²) in [6.45, 7) is 0.580. The number of nitrogens with two attached hydrogens (primary N) is 1. The van der Waals surface area contributed by atoms with E-state index >= 15 is 0 Å². The predicted molar refractivity (Wildman–Crippen MR) is 79.6 cm³/mol. The Kier molecular flexibility index (Phi) is 5.58. The van der Waals surface area contributed by atoms with Crippen molar-refractivity contribution in [1.29, 1.82) is 0 Å². The SMILES string of the molecule is NC(=O)CCNC(=O)[C@@H]1C[C@@H]([NH3+])CCN1C(=O)c1cnccn1. The average Bonchev–Trinajstić information content (AvgIpc) is 2.54. The van der Waals surface area contributed by atoms with Crippen LogP contribution in [-0.4, -0.2) is 57.8 Å². The summed E-state index contributed by atoms with van der Waals surface area (Å²) in [4.78, 5) is 45.0. The van der Waals surface area contributed by atoms with Crippen LogP contribution in [0.5, 0.6) is 0 Å². The fourth-order valence-electron chi connectivity index (χ4n) is 2.51. The Balaban J connectivity index is 2.08. The van der Waals surface area contributed by atoms with Crippen molar-refractivity contribution in [2.24, 2.45) is 5.73 Å². The molecule has 0 radical (unpaired) electrons. The Bertz CT molecular complexity index is 579. The molecule has 2 rings (SSSR count). The summed E-state index contributed by atoms with van der Waals surface area (Å²) in [5.41, 5.74) is 9.23. The lowest BCUT2D eigenvalue weighted by Gasteiger charge is -2.35. The van der Waals surface area contributed by atoms with Gasteiger partial charge in [0.25, 0.3) is 5.91 Å². The Morgan fingerprint density at radius 2 is 2.17 bits per heavy atom. The van der Waals surface area contributed by atoms with E-state index in [1.165, 1.54) is 23.5 Å². The summed E-state index contributed by atoms with van der Waals surface area (Å²) < 4.78 is 0. The first kappa shape index (κ1) is 16.8. The maximum Gasteiger partial charge on any atom is 0.274 e. The first-order chi connectivity index (χ1) is 11.0. The average molecular weight is 321 g/mol. The molecule has 0 bridgehead atoms. The summed E-state index contributed by atoms with van der Waals surface area (Å²) >= 11 is 0. The second-order valence-electron chi connectivity index (χ2n) is 5.50. The molecule has 0 aromatic carbocycles. The second-order valence-corrected chi connectivity index (χ2v) is 5.50. The van der Waals surface area contributed by atoms with Gasteiger partial charge in [-0.15, -0.1) is 0 Å². The van der Waals surface area contributed by atoms with Gasteiger partial charge in [0, 0.05) is 44.7 Å². The van der Waals surface area contributed by atoms with E-state index in [1.54, 1.807) is 0 Å². The highest BCUT2D eigenvalue weighted by Gasteiger charge is 2.37. The van der Waals surface area contributed by atoms with Crippen LogP contribution in [0, 0.1) is 0 Å². The number of piperidine rings is 1. The standard InChI is InChI=1S/C14H20N6O3/c15-9-2-6-20(14(23)10-8-17-4-5-18-10)11(7-9)13(22)19-3-1-12(16)21/h4-5,8-9,11H,1-3,6-7,15H2,(H2,16,21)(H,19,22)/p+1/t9-,11-/m0/s1. The number of amides is 3. The molecule has 9 nitrogen and oxygen atoms in total. The molecule has 1 aromatic rings. The molecule has 1 saturated heterocycles. The van der Waals surface area contributed by atoms with Gasteiger partial charge in [-0.3, -0.25) is 19.4 Å². The van der Waals surface area contributed by atoms with Gasteiger partial charge in [-0.25, -0.2) is 4.98 Å². The first-order valence-corrected chi connectivity index (χ1v) is 7.45. The number of hydrogen-bond acceptors (Lipinski definition) is 5. The van der Waals surface area contributed by atoms with Gasteiger partial charge in [-0.2, -0.15) is 0 Å². The third-order valence-corrected chi connectivity index (χ3v) is 3.73. The van der Waals surface area contributed by atoms with Gasteiger partial charge in [-0.1, -0.05) is 0 Å². The molecule has 1 fully saturated rings. The molecule has 0 spiro atoms. The summed E-state index contributed by atoms with van der Waals surface area (Å²) in [7, 11) is 0. The topological polar surface area (TPSA) is 146 Å². The van der Waals surface area contributed by atoms with E-state index in [4.69, 9.17) is 5.73 Å². The highest BCUT2D eigenvalue weighted by molar-refractivity contribution is 5.96. The molecule has 0 saturated carbocycles. The molecule has 23 heavy (non-hydrogen) atoms. The lowest BCUT2D eigenvalue weighted by molar-refractivity contribution is -0.427. The summed E-state index contributed by atoms with van der Waals surface area (Å²) in [5.74, 6) is -1.13. The van der Waals surface area contributed by atoms with Crippen molar-refractivity contribution in [3.63, 3.8) is 0 Å². The van der Waals surface area contributed by atoms with E-state index in [-0.39, 0.29) is 36.5 Å². The van der Waals surface area contributed by atoms with Gasteiger partial charge < -0.3 is 21.7 Å². The molecule has 1 aliphatic rings. The maximum atomic E-state index is 12.6. The summed E-state index contributed by atoms with van der Waals surface area (Å²) in [6.07, 6.45) is 5.53. The van der Waals surface area contributed by atoms with Crippen LogP contribution >= 0.6 is 0 Å². The summed E-state index contributed by atoms with van der Waals surface area (Å²) in [6, 6.07) is -0.540. The maximum absolute atomic E-state index is 12.6. The van der Waals surface area contributed by atoms with Crippen molar-refractivity contribution in [2.45, 2.75) is 31.3 Å². The Morgan fingerprint density at radius 1 is 1.39 bits per heavy atom. The highest BCUT2D eigenvalue weighted by Crippen LogP contribution is 2.18. The fraction of sp³-hybridized carbons (Fsp3) is 0.500. The smallest absolute Gasteiger partial charge is 0.274 e. The Labute approximate surface area is 133 Å². The van der Waals surface area contributed by atoms with Gasteiger partial charge in [0.2, 0.25) is 11.8 Å². The molecule has 9 heteroatoms. The normalized spacial score (nSPS) is 20.8. The number of primary amides is 1. The third-order valence-electron chi connectivity index (χ3n) is 3.73. The van der Waals surface area contributed by atoms with Crippen LogP contribution in [0.25, 0.3) is 0 Å². The molecule has 0 unspecified atom stereocenters. The van der Waals surface area contributed by atoms with Crippen LogP contribution in [0.3, 0.4) is 0 Å². The molecule has 2 atom stereocenters. The van der Waals surface area contributed by atoms with Crippen LogP contribution in [0.2, 0.25) is 0 Å². The zero-order chi connectivity index (χ0) is 16.8. The minimum absolute atomic E-state index is 0.0599. The molecule has 1 aliphatic heterocycles. The number of aromatic nitrogens is 2. The molecular formula is C14H21N6O3+. The molecule has 6 N–H and O–H groups in total. The number of carbonyl (C=O) groups is 3. The number of rotatable bonds is 5. The van der Waals surface area contributed by atoms with E-state index in [0.29, 0.717) is 13.0 Å². The van der Waals surface area contributed by atoms with Crippen molar-refractivity contribution in [3.05, 3.63) is 24.3 Å². The molecule has 124 valence electrons. The van der Waals surface area contributed by atoms with Crippen molar-refractivity contribution in [3.8, 4) is 0 Å². The lowest BCUT2D eigenvalue weighted by Crippen LogP contribution is -2.68. The van der Waals surface area contributed by atoms with E-state index in [2.05, 4.69) is 21.0 Å². The highest BCUT2D eigenvalue weighted by atomic mass is 16.2. The zero-order valence-electron chi connectivity index (χ0n) is 12.8. The fourth-order valence-corrected chi connectivity index (χ4v) is 2.51. The van der Waals surface area contributed by atoms with Crippen molar-refractivity contribution in [1.82, 2.24) is 20.2 Å². The van der Waals surface area contributed by atoms with Gasteiger partial charge in [-0.05, 0) is 0 Å². The largest absolute Gasteiger partial charge is 0.370 e. The molecule has 0 aliphatic carbocycles. The number of hydrogen-bond donors (Lipinski definition) is 3. The van der Waals surface area contributed by atoms with Gasteiger partial charge >= 0.3 is 0 Å². The number of carbonyl (C=O) groups excluding carboxylic acids is 3. The van der Waals surface area contributed by atoms with Crippen LogP contribution < -0.4 is 16.8 Å². The minimum Gasteiger partial charge on any atom is -0.370 e. The second kappa shape index (κ2) is 7.63. The first-order valence-electron chi connectivity index (χ1n) is 7.45. The van der Waals surface area contributed by atoms with Gasteiger partial charge in [0.15, 0.2) is 0 Å². The van der Waals surface area contributed by atoms with Crippen LogP contribution in [0.15, 0.2) is 18.6 Å². The van der Waals surface area contributed by atoms with Crippen LogP contribution in [-0.2, 0) is 9.59 Å². The van der Waals surface area contributed by atoms with E-state index < -0.39 is 11.9 Å². The van der Waals surface area contributed by atoms with Gasteiger partial charge in [0.1, 0.15) is 11.7 Å². The van der Waals surface area contributed by atoms with Crippen LogP contribution in [0.4, 0.5) is 0 Å². The molecular weight excluding hydrogens is 300 g/mol. The third kappa shape index (κ3) is 4.46. The predicted octanol–water partition coefficient (Wildman–Crippen LogP) is -2.32. The molecule has 2 heterocycles. The van der Waals surface area contributed by atoms with Crippen LogP contribution in [0.1, 0.15) is 29.8 Å². The Hall–Kier alpha value is -2.55. The number of quaternary nitrogens is 1. The zero-order valence-corrected chi connectivity index (χ0v) is 12.8.